The Balaban J connectivity index is 1.89. The summed E-state index contributed by atoms with van der Waals surface area (Å²) in [6.07, 6.45) is 3.58. The van der Waals surface area contributed by atoms with Gasteiger partial charge in [0.2, 0.25) is 5.72 Å². The van der Waals surface area contributed by atoms with Gasteiger partial charge >= 0.3 is 0 Å². The third kappa shape index (κ3) is 3.37. The molecule has 0 aliphatic carbocycles. The molecule has 2 aliphatic rings. The van der Waals surface area contributed by atoms with Crippen molar-refractivity contribution in [1.82, 2.24) is 5.32 Å². The number of hydrogen-bond donors (Lipinski definition) is 2. The molecular formula is C23H28N2O2S. The van der Waals surface area contributed by atoms with Crippen molar-refractivity contribution in [2.24, 2.45) is 4.99 Å². The molecule has 0 amide bonds. The second-order valence-corrected chi connectivity index (χ2v) is 9.45. The molecule has 0 saturated carbocycles. The van der Waals surface area contributed by atoms with E-state index in [4.69, 9.17) is 9.73 Å². The van der Waals surface area contributed by atoms with Gasteiger partial charge in [-0.1, -0.05) is 47.7 Å². The summed E-state index contributed by atoms with van der Waals surface area (Å²) >= 11 is 1.61. The van der Waals surface area contributed by atoms with Crippen LogP contribution in [0.15, 0.2) is 41.4 Å². The predicted molar refractivity (Wildman–Crippen MR) is 117 cm³/mol. The van der Waals surface area contributed by atoms with Crippen molar-refractivity contribution in [1.29, 1.82) is 0 Å². The van der Waals surface area contributed by atoms with Crippen molar-refractivity contribution >= 4 is 16.9 Å². The fraction of sp³-hybridized carbons (Fsp3) is 0.435. The lowest BCUT2D eigenvalue weighted by molar-refractivity contribution is 0.0126. The fourth-order valence-electron chi connectivity index (χ4n) is 4.42. The first kappa shape index (κ1) is 19.2. The number of aryl methyl sites for hydroxylation is 1. The number of amidine groups is 1. The van der Waals surface area contributed by atoms with Crippen molar-refractivity contribution in [3.63, 3.8) is 0 Å². The van der Waals surface area contributed by atoms with Gasteiger partial charge in [-0.25, -0.2) is 4.99 Å². The summed E-state index contributed by atoms with van der Waals surface area (Å²) in [6.45, 7) is 8.41. The number of aromatic hydroxyl groups is 1. The van der Waals surface area contributed by atoms with Crippen LogP contribution in [0.3, 0.4) is 0 Å². The fourth-order valence-corrected chi connectivity index (χ4v) is 5.06. The largest absolute Gasteiger partial charge is 0.508 e. The number of fused-ring (bicyclic) bond motifs is 1. The highest BCUT2D eigenvalue weighted by atomic mass is 32.2. The number of phenols is 1. The molecule has 148 valence electrons. The zero-order valence-electron chi connectivity index (χ0n) is 17.2. The zero-order valence-corrected chi connectivity index (χ0v) is 18.0. The lowest BCUT2D eigenvalue weighted by Crippen LogP contribution is -2.57. The van der Waals surface area contributed by atoms with Crippen LogP contribution in [-0.2, 0) is 0 Å². The monoisotopic (exact) mass is 396 g/mol. The molecule has 0 bridgehead atoms. The number of nitrogens with zero attached hydrogens (tertiary/aromatic N) is 1. The van der Waals surface area contributed by atoms with E-state index in [2.05, 4.69) is 50.4 Å². The molecule has 0 aromatic heterocycles. The van der Waals surface area contributed by atoms with Crippen LogP contribution < -0.4 is 10.1 Å². The average molecular weight is 397 g/mol. The summed E-state index contributed by atoms with van der Waals surface area (Å²) in [5.41, 5.74) is 3.65. The Kier molecular flexibility index (Phi) is 4.61. The molecule has 2 N–H and O–H groups in total. The maximum Gasteiger partial charge on any atom is 0.206 e. The molecule has 2 aliphatic heterocycles. The number of thioether (sulfide) groups is 1. The van der Waals surface area contributed by atoms with Crippen LogP contribution in [0.4, 0.5) is 0 Å². The molecule has 2 aromatic rings. The second kappa shape index (κ2) is 6.73. The van der Waals surface area contributed by atoms with Crippen LogP contribution in [0.5, 0.6) is 11.5 Å². The summed E-state index contributed by atoms with van der Waals surface area (Å²) in [6, 6.07) is 12.5. The van der Waals surface area contributed by atoms with E-state index in [1.165, 1.54) is 11.1 Å². The Morgan fingerprint density at radius 1 is 1.14 bits per heavy atom. The van der Waals surface area contributed by atoms with E-state index in [1.54, 1.807) is 17.8 Å². The molecule has 0 radical (unpaired) electrons. The number of nitrogens with one attached hydrogen (secondary N) is 1. The molecule has 0 fully saturated rings. The van der Waals surface area contributed by atoms with E-state index in [1.807, 2.05) is 19.2 Å². The Labute approximate surface area is 171 Å². The van der Waals surface area contributed by atoms with Gasteiger partial charge in [0.15, 0.2) is 5.17 Å². The summed E-state index contributed by atoms with van der Waals surface area (Å²) < 4.78 is 6.61. The zero-order chi connectivity index (χ0) is 20.1. The molecule has 2 heterocycles. The van der Waals surface area contributed by atoms with E-state index >= 15 is 0 Å². The first-order valence-corrected chi connectivity index (χ1v) is 10.9. The van der Waals surface area contributed by atoms with Crippen molar-refractivity contribution in [3.05, 3.63) is 58.7 Å². The van der Waals surface area contributed by atoms with Crippen LogP contribution in [0.2, 0.25) is 0 Å². The highest BCUT2D eigenvalue weighted by Gasteiger charge is 2.48. The van der Waals surface area contributed by atoms with E-state index in [-0.39, 0.29) is 17.2 Å². The van der Waals surface area contributed by atoms with Crippen LogP contribution in [0, 0.1) is 13.8 Å². The molecule has 2 aromatic carbocycles. The lowest BCUT2D eigenvalue weighted by Gasteiger charge is -2.47. The van der Waals surface area contributed by atoms with Gasteiger partial charge in [0.1, 0.15) is 11.5 Å². The molecule has 2 unspecified atom stereocenters. The van der Waals surface area contributed by atoms with Crippen LogP contribution in [0.25, 0.3) is 0 Å². The van der Waals surface area contributed by atoms with Gasteiger partial charge in [0.25, 0.3) is 0 Å². The normalized spacial score (nSPS) is 25.5. The van der Waals surface area contributed by atoms with Crippen molar-refractivity contribution in [2.75, 3.05) is 6.26 Å². The number of rotatable bonds is 1. The molecule has 4 rings (SSSR count). The number of ether oxygens (including phenoxy) is 1. The lowest BCUT2D eigenvalue weighted by atomic mass is 9.77. The summed E-state index contributed by atoms with van der Waals surface area (Å²) in [4.78, 5) is 5.01. The van der Waals surface area contributed by atoms with E-state index in [9.17, 15) is 5.11 Å². The van der Waals surface area contributed by atoms with Gasteiger partial charge in [0, 0.05) is 35.4 Å². The molecular weight excluding hydrogens is 368 g/mol. The van der Waals surface area contributed by atoms with E-state index in [0.717, 1.165) is 34.9 Å². The minimum absolute atomic E-state index is 0.125. The summed E-state index contributed by atoms with van der Waals surface area (Å²) in [5.74, 6) is 1.21. The van der Waals surface area contributed by atoms with E-state index in [0.29, 0.717) is 0 Å². The Morgan fingerprint density at radius 2 is 1.86 bits per heavy atom. The summed E-state index contributed by atoms with van der Waals surface area (Å²) in [7, 11) is 0. The van der Waals surface area contributed by atoms with Gasteiger partial charge in [-0.05, 0) is 45.6 Å². The molecule has 0 saturated heterocycles. The maximum atomic E-state index is 10.3. The first-order chi connectivity index (χ1) is 13.2. The standard InChI is InChI=1S/C23H28N2O2S/c1-14-6-8-16(9-7-14)18-12-23(13-22(3,4)24-21(25-23)28-5)27-20-15(2)19(26)11-10-17(18)20/h6-11,18,26H,12-13H2,1-5H3,(H,24,25). The number of hydrogen-bond acceptors (Lipinski definition) is 5. The van der Waals surface area contributed by atoms with Crippen molar-refractivity contribution in [2.45, 2.75) is 57.7 Å². The van der Waals surface area contributed by atoms with Crippen LogP contribution in [0.1, 0.15) is 54.9 Å². The maximum absolute atomic E-state index is 10.3. The third-order valence-corrected chi connectivity index (χ3v) is 6.32. The van der Waals surface area contributed by atoms with Crippen LogP contribution >= 0.6 is 11.8 Å². The number of phenolic OH excluding ortho intramolecular Hbond substituents is 1. The minimum atomic E-state index is -0.645. The van der Waals surface area contributed by atoms with Crippen molar-refractivity contribution in [3.8, 4) is 11.5 Å². The molecule has 2 atom stereocenters. The van der Waals surface area contributed by atoms with Gasteiger partial charge in [-0.2, -0.15) is 0 Å². The van der Waals surface area contributed by atoms with Crippen molar-refractivity contribution < 1.29 is 9.84 Å². The smallest absolute Gasteiger partial charge is 0.206 e. The highest BCUT2D eigenvalue weighted by molar-refractivity contribution is 8.13. The highest BCUT2D eigenvalue weighted by Crippen LogP contribution is 2.51. The predicted octanol–water partition coefficient (Wildman–Crippen LogP) is 5.11. The van der Waals surface area contributed by atoms with Gasteiger partial charge in [-0.3, -0.25) is 0 Å². The number of benzene rings is 2. The van der Waals surface area contributed by atoms with Gasteiger partial charge in [0.05, 0.1) is 0 Å². The SMILES string of the molecule is CSC1=NC2(CC(c3ccc(C)cc3)c3ccc(O)c(C)c3O2)CC(C)(C)N1. The van der Waals surface area contributed by atoms with Crippen LogP contribution in [-0.4, -0.2) is 27.8 Å². The molecule has 5 heteroatoms. The summed E-state index contributed by atoms with van der Waals surface area (Å²) in [5, 5.41) is 14.7. The Bertz CT molecular complexity index is 936. The average Bonchev–Trinajstić information content (AvgIpc) is 2.64. The van der Waals surface area contributed by atoms with E-state index < -0.39 is 5.72 Å². The second-order valence-electron chi connectivity index (χ2n) is 8.65. The molecule has 4 nitrogen and oxygen atoms in total. The first-order valence-electron chi connectivity index (χ1n) is 9.72. The number of aliphatic imine (C=N–C) groups is 1. The van der Waals surface area contributed by atoms with Gasteiger partial charge in [-0.15, -0.1) is 0 Å². The Hall–Kier alpha value is -2.14. The Morgan fingerprint density at radius 3 is 2.54 bits per heavy atom. The molecule has 28 heavy (non-hydrogen) atoms. The quantitative estimate of drug-likeness (QED) is 0.703. The topological polar surface area (TPSA) is 53.9 Å². The molecule has 1 spiro atoms. The minimum Gasteiger partial charge on any atom is -0.508 e. The third-order valence-electron chi connectivity index (χ3n) is 5.74. The van der Waals surface area contributed by atoms with Gasteiger partial charge < -0.3 is 15.2 Å².